The second kappa shape index (κ2) is 8.93. The first kappa shape index (κ1) is 28.9. The van der Waals surface area contributed by atoms with Gasteiger partial charge >= 0.3 is 6.03 Å². The number of Topliss-reactive ketones (excluding diaryl/α,β-unsaturated/α-hetero) is 1. The third-order valence-corrected chi connectivity index (χ3v) is 12.7. The number of carbonyl (C=O) groups is 2. The maximum absolute atomic E-state index is 13.3. The van der Waals surface area contributed by atoms with Crippen LogP contribution in [0.1, 0.15) is 100 Å². The van der Waals surface area contributed by atoms with E-state index in [0.717, 1.165) is 44.9 Å². The summed E-state index contributed by atoms with van der Waals surface area (Å²) in [5, 5.41) is 16.3. The van der Waals surface area contributed by atoms with Crippen LogP contribution in [0.25, 0.3) is 0 Å². The molecular weight excluding hydrogens is 498 g/mol. The van der Waals surface area contributed by atoms with Gasteiger partial charge in [0.2, 0.25) is 0 Å². The molecule has 0 spiro atoms. The number of urea groups is 1. The number of carbonyl (C=O) groups excluding carboxylic acids is 3. The molecule has 216 valence electrons. The number of ketones is 1. The number of hydrogen-bond donors (Lipinski definition) is 2. The number of amides is 2. The number of allylic oxidation sites excluding steroid dienone is 5. The maximum atomic E-state index is 13.3. The van der Waals surface area contributed by atoms with Crippen LogP contribution in [0.2, 0.25) is 0 Å². The van der Waals surface area contributed by atoms with Gasteiger partial charge in [0, 0.05) is 34.4 Å². The minimum atomic E-state index is -0.661. The van der Waals surface area contributed by atoms with Crippen LogP contribution in [-0.4, -0.2) is 29.8 Å². The van der Waals surface area contributed by atoms with Crippen molar-refractivity contribution in [2.75, 3.05) is 6.54 Å². The number of fused-ring (bicyclic) bond motifs is 7. The van der Waals surface area contributed by atoms with Gasteiger partial charge < -0.3 is 10.6 Å². The highest BCUT2D eigenvalue weighted by atomic mass is 16.2. The molecule has 0 radical (unpaired) electrons. The minimum Gasteiger partial charge on any atom is -0.338 e. The molecule has 0 aromatic heterocycles. The van der Waals surface area contributed by atoms with Crippen LogP contribution in [0.4, 0.5) is 4.79 Å². The number of rotatable bonds is 2. The topological polar surface area (TPSA) is 99.1 Å². The van der Waals surface area contributed by atoms with Crippen LogP contribution >= 0.6 is 0 Å². The van der Waals surface area contributed by atoms with Gasteiger partial charge in [0.1, 0.15) is 12.0 Å². The average Bonchev–Trinajstić information content (AvgIpc) is 2.87. The van der Waals surface area contributed by atoms with Crippen LogP contribution in [0.3, 0.4) is 0 Å². The monoisotopic (exact) mass is 545 g/mol. The summed E-state index contributed by atoms with van der Waals surface area (Å²) in [6, 6.07) is 2.08. The standard InChI is InChI=1S/C34H47N3O3/c1-9-36-28(40)37-34-14-12-29(2,3)18-23(34)26-21(20-38)16-25-31(6)17-22(19-35)27(39)30(4,5)24(31)10-11-32(25,7)33(26,8)13-15-34/h16-17,23-24,26H,9-15,18H2,1-8H3,(H2,36,37,40)/t23?,24-,26?,31-,32+,33+,34-/m0/s1. The van der Waals surface area contributed by atoms with E-state index in [0.29, 0.717) is 12.1 Å². The maximum Gasteiger partial charge on any atom is 0.315 e. The summed E-state index contributed by atoms with van der Waals surface area (Å²) in [7, 11) is 0. The second-order valence-corrected chi connectivity index (χ2v) is 15.6. The summed E-state index contributed by atoms with van der Waals surface area (Å²) in [6.07, 6.45) is 10.5. The Bertz CT molecular complexity index is 1310. The molecule has 5 rings (SSSR count). The lowest BCUT2D eigenvalue weighted by Crippen LogP contribution is -2.69. The Morgan fingerprint density at radius 1 is 1.05 bits per heavy atom. The van der Waals surface area contributed by atoms with Crippen LogP contribution in [0.5, 0.6) is 0 Å². The van der Waals surface area contributed by atoms with Crippen molar-refractivity contribution < 1.29 is 14.4 Å². The van der Waals surface area contributed by atoms with Gasteiger partial charge in [0.15, 0.2) is 5.78 Å². The minimum absolute atomic E-state index is 0.0354. The summed E-state index contributed by atoms with van der Waals surface area (Å²) in [5.41, 5.74) is 0.235. The van der Waals surface area contributed by atoms with Crippen LogP contribution in [0, 0.1) is 56.2 Å². The molecule has 7 atom stereocenters. The highest BCUT2D eigenvalue weighted by Crippen LogP contribution is 2.74. The third-order valence-electron chi connectivity index (χ3n) is 12.7. The third kappa shape index (κ3) is 3.69. The van der Waals surface area contributed by atoms with Crippen LogP contribution in [0.15, 0.2) is 28.9 Å². The van der Waals surface area contributed by atoms with Gasteiger partial charge in [0.05, 0.1) is 5.57 Å². The smallest absolute Gasteiger partial charge is 0.315 e. The van der Waals surface area contributed by atoms with E-state index in [1.165, 1.54) is 5.57 Å². The summed E-state index contributed by atoms with van der Waals surface area (Å²) in [5.74, 6) is 2.47. The van der Waals surface area contributed by atoms with Crippen molar-refractivity contribution in [2.45, 2.75) is 106 Å². The molecule has 40 heavy (non-hydrogen) atoms. The van der Waals surface area contributed by atoms with E-state index in [1.807, 2.05) is 26.8 Å². The van der Waals surface area contributed by atoms with Crippen molar-refractivity contribution in [3.8, 4) is 6.07 Å². The molecule has 0 aromatic rings. The average molecular weight is 546 g/mol. The predicted molar refractivity (Wildman–Crippen MR) is 156 cm³/mol. The number of nitriles is 1. The normalized spacial score (nSPS) is 42.8. The highest BCUT2D eigenvalue weighted by Gasteiger charge is 2.69. The van der Waals surface area contributed by atoms with Crippen molar-refractivity contribution in [3.05, 3.63) is 28.9 Å². The van der Waals surface area contributed by atoms with E-state index >= 15 is 0 Å². The summed E-state index contributed by atoms with van der Waals surface area (Å²) >= 11 is 0. The Kier molecular flexibility index (Phi) is 6.44. The molecule has 3 fully saturated rings. The molecule has 3 saturated carbocycles. The van der Waals surface area contributed by atoms with Gasteiger partial charge in [-0.05, 0) is 86.0 Å². The van der Waals surface area contributed by atoms with Crippen molar-refractivity contribution in [2.24, 2.45) is 44.8 Å². The quantitative estimate of drug-likeness (QED) is 0.389. The van der Waals surface area contributed by atoms with Crippen molar-refractivity contribution in [1.29, 1.82) is 5.26 Å². The second-order valence-electron chi connectivity index (χ2n) is 15.6. The molecule has 6 nitrogen and oxygen atoms in total. The van der Waals surface area contributed by atoms with E-state index in [4.69, 9.17) is 0 Å². The summed E-state index contributed by atoms with van der Waals surface area (Å²) < 4.78 is 0. The van der Waals surface area contributed by atoms with Gasteiger partial charge in [-0.1, -0.05) is 60.1 Å². The fourth-order valence-corrected chi connectivity index (χ4v) is 10.4. The van der Waals surface area contributed by atoms with Crippen molar-refractivity contribution >= 4 is 17.8 Å². The number of nitrogens with one attached hydrogen (secondary N) is 2. The van der Waals surface area contributed by atoms with E-state index in [2.05, 4.69) is 63.3 Å². The Hall–Kier alpha value is -2.64. The summed E-state index contributed by atoms with van der Waals surface area (Å²) in [4.78, 5) is 39.2. The molecule has 0 heterocycles. The highest BCUT2D eigenvalue weighted by molar-refractivity contribution is 6.04. The van der Waals surface area contributed by atoms with Gasteiger partial charge in [-0.3, -0.25) is 4.79 Å². The summed E-state index contributed by atoms with van der Waals surface area (Å²) in [6.45, 7) is 18.0. The lowest BCUT2D eigenvalue weighted by molar-refractivity contribution is -0.138. The largest absolute Gasteiger partial charge is 0.338 e. The van der Waals surface area contributed by atoms with Crippen molar-refractivity contribution in [1.82, 2.24) is 10.6 Å². The zero-order valence-corrected chi connectivity index (χ0v) is 25.7. The van der Waals surface area contributed by atoms with Gasteiger partial charge in [-0.25, -0.2) is 9.59 Å². The zero-order chi connectivity index (χ0) is 29.5. The van der Waals surface area contributed by atoms with Gasteiger partial charge in [-0.15, -0.1) is 0 Å². The molecule has 0 aliphatic heterocycles. The molecule has 2 N–H and O–H groups in total. The van der Waals surface area contributed by atoms with E-state index in [9.17, 15) is 19.6 Å². The SMILES string of the molecule is CCNC(=O)N[C@]12CCC(C)(C)CC1C1C(=C=O)C=C3[C@@]4(C)C=C(C#N)C(=O)C(C)(C)[C@@H]4CC[C@@]3(C)[C@]1(C)CC2. The van der Waals surface area contributed by atoms with E-state index in [-0.39, 0.29) is 56.9 Å². The first-order valence-corrected chi connectivity index (χ1v) is 15.3. The predicted octanol–water partition coefficient (Wildman–Crippen LogP) is 6.47. The molecule has 5 aliphatic rings. The fourth-order valence-electron chi connectivity index (χ4n) is 10.4. The molecule has 2 unspecified atom stereocenters. The van der Waals surface area contributed by atoms with Crippen molar-refractivity contribution in [3.63, 3.8) is 0 Å². The molecule has 0 aromatic carbocycles. The fraction of sp³-hybridized carbons (Fsp3) is 0.735. The lowest BCUT2D eigenvalue weighted by atomic mass is 9.34. The van der Waals surface area contributed by atoms with Gasteiger partial charge in [0.25, 0.3) is 0 Å². The molecule has 6 heteroatoms. The lowest BCUT2D eigenvalue weighted by Gasteiger charge is -2.69. The molecule has 2 amide bonds. The Balaban J connectivity index is 1.70. The van der Waals surface area contributed by atoms with Crippen LogP contribution < -0.4 is 10.6 Å². The first-order valence-electron chi connectivity index (χ1n) is 15.3. The van der Waals surface area contributed by atoms with Gasteiger partial charge in [-0.2, -0.15) is 5.26 Å². The molecule has 0 saturated heterocycles. The molecule has 5 aliphatic carbocycles. The van der Waals surface area contributed by atoms with E-state index in [1.54, 1.807) is 0 Å². The number of hydrogen-bond acceptors (Lipinski definition) is 4. The Morgan fingerprint density at radius 2 is 1.73 bits per heavy atom. The Labute approximate surface area is 240 Å². The van der Waals surface area contributed by atoms with E-state index < -0.39 is 10.8 Å². The van der Waals surface area contributed by atoms with Crippen LogP contribution in [-0.2, 0) is 9.59 Å². The molecular formula is C34H47N3O3. The molecule has 0 bridgehead atoms. The first-order chi connectivity index (χ1) is 18.5. The number of nitrogens with zero attached hydrogens (tertiary/aromatic N) is 1. The zero-order valence-electron chi connectivity index (χ0n) is 25.7. The Morgan fingerprint density at radius 3 is 2.35 bits per heavy atom.